The average Bonchev–Trinajstić information content (AvgIpc) is 2.79. The van der Waals surface area contributed by atoms with E-state index in [1.807, 2.05) is 50.2 Å². The van der Waals surface area contributed by atoms with Crippen LogP contribution in [-0.2, 0) is 9.53 Å². The smallest absolute Gasteiger partial charge is 0.262 e. The van der Waals surface area contributed by atoms with Gasteiger partial charge in [0.1, 0.15) is 0 Å². The lowest BCUT2D eigenvalue weighted by Gasteiger charge is -2.21. The molecule has 0 aliphatic heterocycles. The lowest BCUT2D eigenvalue weighted by molar-refractivity contribution is -0.115. The summed E-state index contributed by atoms with van der Waals surface area (Å²) in [7, 11) is 1.60. The van der Waals surface area contributed by atoms with Crippen molar-refractivity contribution in [3.63, 3.8) is 0 Å². The Labute approximate surface area is 193 Å². The van der Waals surface area contributed by atoms with E-state index >= 15 is 0 Å². The second kappa shape index (κ2) is 10.8. The third kappa shape index (κ3) is 5.22. The molecule has 0 radical (unpaired) electrons. The number of hydrogen-bond donors (Lipinski definition) is 1. The van der Waals surface area contributed by atoms with Crippen LogP contribution in [0.1, 0.15) is 51.6 Å². The van der Waals surface area contributed by atoms with Crippen LogP contribution in [0.2, 0.25) is 0 Å². The average molecular weight is 454 g/mol. The normalized spacial score (nSPS) is 14.2. The van der Waals surface area contributed by atoms with E-state index in [2.05, 4.69) is 25.2 Å². The van der Waals surface area contributed by atoms with Gasteiger partial charge >= 0.3 is 0 Å². The van der Waals surface area contributed by atoms with E-state index in [0.29, 0.717) is 28.6 Å². The van der Waals surface area contributed by atoms with Gasteiger partial charge in [-0.05, 0) is 49.9 Å². The maximum absolute atomic E-state index is 13.2. The lowest BCUT2D eigenvalue weighted by Crippen LogP contribution is -2.30. The van der Waals surface area contributed by atoms with E-state index < -0.39 is 5.25 Å². The molecule has 3 aromatic rings. The van der Waals surface area contributed by atoms with Crippen LogP contribution in [0.3, 0.4) is 0 Å². The summed E-state index contributed by atoms with van der Waals surface area (Å²) in [4.78, 5) is 31.0. The van der Waals surface area contributed by atoms with Gasteiger partial charge in [0.05, 0.1) is 28.8 Å². The molecular weight excluding hydrogens is 422 g/mol. The van der Waals surface area contributed by atoms with Gasteiger partial charge in [-0.3, -0.25) is 14.2 Å². The first-order chi connectivity index (χ1) is 15.4. The summed E-state index contributed by atoms with van der Waals surface area (Å²) in [6.45, 7) is 8.40. The fourth-order valence-electron chi connectivity index (χ4n) is 3.62. The number of nitrogens with one attached hydrogen (secondary N) is 1. The van der Waals surface area contributed by atoms with Gasteiger partial charge in [0.15, 0.2) is 5.16 Å². The van der Waals surface area contributed by atoms with Crippen LogP contribution in [0.5, 0.6) is 0 Å². The lowest BCUT2D eigenvalue weighted by atomic mass is 9.97. The highest BCUT2D eigenvalue weighted by Gasteiger charge is 2.23. The van der Waals surface area contributed by atoms with Crippen molar-refractivity contribution in [2.75, 3.05) is 19.0 Å². The Morgan fingerprint density at radius 2 is 1.81 bits per heavy atom. The molecule has 0 fully saturated rings. The molecule has 0 bridgehead atoms. The molecule has 0 saturated heterocycles. The fourth-order valence-corrected chi connectivity index (χ4v) is 4.63. The predicted octanol–water partition coefficient (Wildman–Crippen LogP) is 5.24. The fraction of sp³-hybridized carbons (Fsp3) is 0.400. The highest BCUT2D eigenvalue weighted by molar-refractivity contribution is 8.00. The highest BCUT2D eigenvalue weighted by atomic mass is 32.2. The van der Waals surface area contributed by atoms with Gasteiger partial charge in [-0.25, -0.2) is 4.98 Å². The van der Waals surface area contributed by atoms with Crippen LogP contribution in [0.4, 0.5) is 5.69 Å². The molecule has 3 rings (SSSR count). The number of methoxy groups -OCH3 is 1. The number of thioether (sulfide) groups is 1. The van der Waals surface area contributed by atoms with Gasteiger partial charge in [-0.1, -0.05) is 55.9 Å². The number of aromatic nitrogens is 2. The van der Waals surface area contributed by atoms with Crippen molar-refractivity contribution in [2.45, 2.75) is 56.5 Å². The van der Waals surface area contributed by atoms with Crippen LogP contribution in [0.25, 0.3) is 10.9 Å². The Hall–Kier alpha value is -2.64. The number of anilines is 1. The number of amides is 1. The minimum Gasteiger partial charge on any atom is -0.383 e. The molecule has 1 aromatic heterocycles. The van der Waals surface area contributed by atoms with Crippen LogP contribution in [0, 0.1) is 0 Å². The van der Waals surface area contributed by atoms with Gasteiger partial charge in [-0.15, -0.1) is 0 Å². The van der Waals surface area contributed by atoms with E-state index in [9.17, 15) is 9.59 Å². The topological polar surface area (TPSA) is 73.2 Å². The van der Waals surface area contributed by atoms with Crippen molar-refractivity contribution in [2.24, 2.45) is 0 Å². The minimum atomic E-state index is -0.450. The standard InChI is InChI=1S/C25H31N3O3S/c1-6-16(2)19-11-7-9-13-21(19)26-23(29)18(4)32-25-27-22-14-10-8-12-20(22)24(30)28(25)17(3)15-31-5/h7-14,16-18H,6,15H2,1-5H3,(H,26,29)/t16-,17+,18+/m1/s1. The van der Waals surface area contributed by atoms with Gasteiger partial charge in [0, 0.05) is 12.8 Å². The summed E-state index contributed by atoms with van der Waals surface area (Å²) in [5.74, 6) is 0.218. The predicted molar refractivity (Wildman–Crippen MR) is 132 cm³/mol. The number of carbonyl (C=O) groups excluding carboxylic acids is 1. The van der Waals surface area contributed by atoms with Crippen molar-refractivity contribution >= 4 is 34.3 Å². The number of ether oxygens (including phenoxy) is 1. The molecule has 1 amide bonds. The van der Waals surface area contributed by atoms with Crippen LogP contribution < -0.4 is 10.9 Å². The first kappa shape index (κ1) is 24.0. The number of para-hydroxylation sites is 2. The molecule has 1 N–H and O–H groups in total. The SMILES string of the molecule is CC[C@@H](C)c1ccccc1NC(=O)[C@H](C)Sc1nc2ccccc2c(=O)n1[C@@H](C)COC. The minimum absolute atomic E-state index is 0.126. The molecule has 0 spiro atoms. The molecule has 170 valence electrons. The summed E-state index contributed by atoms with van der Waals surface area (Å²) in [6, 6.07) is 15.0. The van der Waals surface area contributed by atoms with Gasteiger partial charge in [-0.2, -0.15) is 0 Å². The molecule has 1 heterocycles. The molecule has 32 heavy (non-hydrogen) atoms. The molecule has 6 nitrogen and oxygen atoms in total. The molecule has 0 saturated carbocycles. The number of hydrogen-bond acceptors (Lipinski definition) is 5. The molecule has 0 aliphatic carbocycles. The summed E-state index contributed by atoms with van der Waals surface area (Å²) in [5.41, 5.74) is 2.44. The monoisotopic (exact) mass is 453 g/mol. The molecule has 3 atom stereocenters. The molecule has 0 aliphatic rings. The van der Waals surface area contributed by atoms with E-state index in [-0.39, 0.29) is 17.5 Å². The van der Waals surface area contributed by atoms with Crippen molar-refractivity contribution in [1.82, 2.24) is 9.55 Å². The van der Waals surface area contributed by atoms with E-state index in [4.69, 9.17) is 9.72 Å². The summed E-state index contributed by atoms with van der Waals surface area (Å²) >= 11 is 1.29. The Morgan fingerprint density at radius 3 is 2.53 bits per heavy atom. The third-order valence-corrected chi connectivity index (χ3v) is 6.70. The highest BCUT2D eigenvalue weighted by Crippen LogP contribution is 2.29. The molecule has 2 aromatic carbocycles. The van der Waals surface area contributed by atoms with Crippen molar-refractivity contribution in [3.05, 3.63) is 64.4 Å². The Morgan fingerprint density at radius 1 is 1.12 bits per heavy atom. The summed E-state index contributed by atoms with van der Waals surface area (Å²) in [5, 5.41) is 3.69. The Kier molecular flexibility index (Phi) is 8.10. The number of carbonyl (C=O) groups is 1. The van der Waals surface area contributed by atoms with Crippen LogP contribution in [0.15, 0.2) is 58.5 Å². The zero-order valence-corrected chi connectivity index (χ0v) is 20.1. The first-order valence-electron chi connectivity index (χ1n) is 10.9. The van der Waals surface area contributed by atoms with Crippen molar-refractivity contribution < 1.29 is 9.53 Å². The van der Waals surface area contributed by atoms with Crippen molar-refractivity contribution in [1.29, 1.82) is 0 Å². The molecule has 7 heteroatoms. The van der Waals surface area contributed by atoms with Crippen molar-refractivity contribution in [3.8, 4) is 0 Å². The first-order valence-corrected chi connectivity index (χ1v) is 11.8. The summed E-state index contributed by atoms with van der Waals surface area (Å²) < 4.78 is 6.91. The number of nitrogens with zero attached hydrogens (tertiary/aromatic N) is 2. The van der Waals surface area contributed by atoms with Gasteiger partial charge < -0.3 is 10.1 Å². The zero-order chi connectivity index (χ0) is 23.3. The Bertz CT molecular complexity index is 1140. The number of fused-ring (bicyclic) bond motifs is 1. The van der Waals surface area contributed by atoms with Crippen LogP contribution >= 0.6 is 11.8 Å². The largest absolute Gasteiger partial charge is 0.383 e. The Balaban J connectivity index is 1.91. The summed E-state index contributed by atoms with van der Waals surface area (Å²) in [6.07, 6.45) is 0.988. The van der Waals surface area contributed by atoms with Gasteiger partial charge in [0.25, 0.3) is 5.56 Å². The quantitative estimate of drug-likeness (QED) is 0.354. The molecular formula is C25H31N3O3S. The second-order valence-electron chi connectivity index (χ2n) is 8.04. The van der Waals surface area contributed by atoms with E-state index in [1.54, 1.807) is 17.7 Å². The molecule has 0 unspecified atom stereocenters. The van der Waals surface area contributed by atoms with E-state index in [0.717, 1.165) is 17.7 Å². The second-order valence-corrected chi connectivity index (χ2v) is 9.34. The maximum Gasteiger partial charge on any atom is 0.262 e. The van der Waals surface area contributed by atoms with E-state index in [1.165, 1.54) is 11.8 Å². The van der Waals surface area contributed by atoms with Gasteiger partial charge in [0.2, 0.25) is 5.91 Å². The zero-order valence-electron chi connectivity index (χ0n) is 19.3. The third-order valence-electron chi connectivity index (χ3n) is 5.64. The maximum atomic E-state index is 13.2. The van der Waals surface area contributed by atoms with Crippen LogP contribution in [-0.4, -0.2) is 34.4 Å². The number of benzene rings is 2. The number of rotatable bonds is 9.